The molecule has 0 saturated carbocycles. The summed E-state index contributed by atoms with van der Waals surface area (Å²) in [5.41, 5.74) is 3.01. The van der Waals surface area contributed by atoms with E-state index in [1.807, 2.05) is 71.1 Å². The van der Waals surface area contributed by atoms with Crippen LogP contribution in [0.2, 0.25) is 0 Å². The van der Waals surface area contributed by atoms with Crippen molar-refractivity contribution in [2.45, 2.75) is 59.0 Å². The minimum atomic E-state index is -0.0845. The van der Waals surface area contributed by atoms with Gasteiger partial charge < -0.3 is 23.8 Å². The van der Waals surface area contributed by atoms with Crippen LogP contribution in [0.1, 0.15) is 43.5 Å². The molecule has 0 radical (unpaired) electrons. The summed E-state index contributed by atoms with van der Waals surface area (Å²) in [6, 6.07) is 9.98. The number of amides is 2. The van der Waals surface area contributed by atoms with Crippen LogP contribution in [0, 0.1) is 19.8 Å². The van der Waals surface area contributed by atoms with Crippen LogP contribution in [0.25, 0.3) is 11.4 Å². The Hall–Kier alpha value is -3.66. The van der Waals surface area contributed by atoms with Gasteiger partial charge in [-0.15, -0.1) is 0 Å². The second-order valence-corrected chi connectivity index (χ2v) is 11.0. The third kappa shape index (κ3) is 7.55. The molecule has 3 aromatic rings. The number of aromatic nitrogens is 4. The fourth-order valence-corrected chi connectivity index (χ4v) is 5.73. The van der Waals surface area contributed by atoms with Gasteiger partial charge in [-0.05, 0) is 57.7 Å². The summed E-state index contributed by atoms with van der Waals surface area (Å²) in [6.45, 7) is 9.34. The summed E-state index contributed by atoms with van der Waals surface area (Å²) in [6.07, 6.45) is 7.45. The summed E-state index contributed by atoms with van der Waals surface area (Å²) in [5, 5.41) is 4.52. The standard InChI is InChI=1S/C31H42N6O4/c1-24-21-25(2)37(33-24)16-9-29(38)34-12-3-4-13-36(31(39)27-10-19-40-23-27)18-20-41-28-8-5-7-26(22-28)30-32-11-17-35(30)15-6-14-34/h5,7-8,11,17,21-22,27H,3-4,6,9-10,12-16,18-20,23H2,1-2H3. The van der Waals surface area contributed by atoms with E-state index in [0.717, 1.165) is 60.8 Å². The van der Waals surface area contributed by atoms with Crippen molar-refractivity contribution in [3.63, 3.8) is 0 Å². The first-order valence-electron chi connectivity index (χ1n) is 14.9. The van der Waals surface area contributed by atoms with Crippen LogP contribution in [0.3, 0.4) is 0 Å². The number of ether oxygens (including phenoxy) is 2. The zero-order valence-electron chi connectivity index (χ0n) is 24.3. The average molecular weight is 563 g/mol. The highest BCUT2D eigenvalue weighted by Crippen LogP contribution is 2.24. The van der Waals surface area contributed by atoms with Crippen LogP contribution in [0.15, 0.2) is 42.7 Å². The number of imidazole rings is 1. The molecule has 10 heteroatoms. The van der Waals surface area contributed by atoms with Gasteiger partial charge in [0.25, 0.3) is 0 Å². The van der Waals surface area contributed by atoms with Crippen molar-refractivity contribution in [2.24, 2.45) is 5.92 Å². The molecule has 1 aromatic carbocycles. The largest absolute Gasteiger partial charge is 0.492 e. The molecule has 1 atom stereocenters. The fourth-order valence-electron chi connectivity index (χ4n) is 5.73. The molecule has 41 heavy (non-hydrogen) atoms. The monoisotopic (exact) mass is 562 g/mol. The Morgan fingerprint density at radius 2 is 1.80 bits per heavy atom. The van der Waals surface area contributed by atoms with Gasteiger partial charge in [0.2, 0.25) is 11.8 Å². The lowest BCUT2D eigenvalue weighted by atomic mass is 10.1. The van der Waals surface area contributed by atoms with Crippen LogP contribution < -0.4 is 4.74 Å². The van der Waals surface area contributed by atoms with E-state index >= 15 is 0 Å². The Labute approximate surface area is 242 Å². The third-order valence-corrected chi connectivity index (χ3v) is 7.95. The summed E-state index contributed by atoms with van der Waals surface area (Å²) in [7, 11) is 0. The number of aryl methyl sites for hydroxylation is 4. The van der Waals surface area contributed by atoms with Crippen LogP contribution in [0.4, 0.5) is 0 Å². The van der Waals surface area contributed by atoms with Gasteiger partial charge >= 0.3 is 0 Å². The van der Waals surface area contributed by atoms with Crippen LogP contribution >= 0.6 is 0 Å². The van der Waals surface area contributed by atoms with Gasteiger partial charge in [0, 0.05) is 69.4 Å². The Morgan fingerprint density at radius 1 is 0.976 bits per heavy atom. The highest BCUT2D eigenvalue weighted by atomic mass is 16.5. The SMILES string of the molecule is Cc1cc(C)n(CCC(=O)N2CCCCN(C(=O)C3CCOC3)CCOc3cccc(c3)-c3nccn3CCC2)n1. The molecular formula is C31H42N6O4. The Morgan fingerprint density at radius 3 is 2.59 bits per heavy atom. The molecule has 2 aliphatic rings. The first-order valence-corrected chi connectivity index (χ1v) is 14.9. The van der Waals surface area contributed by atoms with E-state index in [1.165, 1.54) is 0 Å². The lowest BCUT2D eigenvalue weighted by Gasteiger charge is -2.27. The molecule has 0 spiro atoms. The molecule has 4 heterocycles. The second-order valence-electron chi connectivity index (χ2n) is 11.0. The maximum atomic E-state index is 13.4. The number of carbonyl (C=O) groups excluding carboxylic acids is 2. The molecule has 2 aromatic heterocycles. The number of hydrogen-bond donors (Lipinski definition) is 0. The first kappa shape index (κ1) is 28.9. The van der Waals surface area contributed by atoms with Gasteiger partial charge in [-0.2, -0.15) is 5.10 Å². The Balaban J connectivity index is 1.31. The number of hydrogen-bond acceptors (Lipinski definition) is 6. The molecule has 5 rings (SSSR count). The van der Waals surface area contributed by atoms with Gasteiger partial charge in [0.15, 0.2) is 0 Å². The molecule has 2 amide bonds. The van der Waals surface area contributed by atoms with Gasteiger partial charge in [0.1, 0.15) is 18.2 Å². The Kier molecular flexibility index (Phi) is 9.71. The van der Waals surface area contributed by atoms with Gasteiger partial charge in [-0.25, -0.2) is 4.98 Å². The average Bonchev–Trinajstić information content (AvgIpc) is 3.73. The zero-order valence-corrected chi connectivity index (χ0v) is 24.3. The van der Waals surface area contributed by atoms with E-state index in [2.05, 4.69) is 14.6 Å². The predicted octanol–water partition coefficient (Wildman–Crippen LogP) is 3.71. The number of nitrogens with zero attached hydrogens (tertiary/aromatic N) is 6. The van der Waals surface area contributed by atoms with Gasteiger partial charge in [-0.1, -0.05) is 12.1 Å². The van der Waals surface area contributed by atoms with Crippen molar-refractivity contribution in [1.82, 2.24) is 29.1 Å². The minimum absolute atomic E-state index is 0.0845. The quantitative estimate of drug-likeness (QED) is 0.481. The minimum Gasteiger partial charge on any atom is -0.492 e. The second kappa shape index (κ2) is 13.8. The van der Waals surface area contributed by atoms with E-state index in [9.17, 15) is 9.59 Å². The zero-order chi connectivity index (χ0) is 28.6. The normalized spacial score (nSPS) is 18.9. The lowest BCUT2D eigenvalue weighted by Crippen LogP contribution is -2.40. The lowest BCUT2D eigenvalue weighted by molar-refractivity contribution is -0.136. The molecular weight excluding hydrogens is 520 g/mol. The van der Waals surface area contributed by atoms with Crippen molar-refractivity contribution in [3.8, 4) is 17.1 Å². The number of benzene rings is 1. The number of rotatable bonds is 4. The van der Waals surface area contributed by atoms with E-state index in [-0.39, 0.29) is 17.7 Å². The molecule has 0 aliphatic carbocycles. The smallest absolute Gasteiger partial charge is 0.228 e. The summed E-state index contributed by atoms with van der Waals surface area (Å²) >= 11 is 0. The third-order valence-electron chi connectivity index (χ3n) is 7.95. The molecule has 2 bridgehead atoms. The molecule has 1 fully saturated rings. The molecule has 10 nitrogen and oxygen atoms in total. The molecule has 0 N–H and O–H groups in total. The summed E-state index contributed by atoms with van der Waals surface area (Å²) in [5.74, 6) is 1.83. The predicted molar refractivity (Wildman–Crippen MR) is 155 cm³/mol. The van der Waals surface area contributed by atoms with Crippen molar-refractivity contribution in [2.75, 3.05) is 46.0 Å². The molecule has 2 aliphatic heterocycles. The van der Waals surface area contributed by atoms with E-state index in [1.54, 1.807) is 0 Å². The molecule has 1 unspecified atom stereocenters. The molecule has 220 valence electrons. The van der Waals surface area contributed by atoms with E-state index < -0.39 is 0 Å². The highest BCUT2D eigenvalue weighted by molar-refractivity contribution is 5.79. The molecule has 1 saturated heterocycles. The van der Waals surface area contributed by atoms with Crippen LogP contribution in [-0.2, 0) is 27.4 Å². The summed E-state index contributed by atoms with van der Waals surface area (Å²) in [4.78, 5) is 35.2. The van der Waals surface area contributed by atoms with Crippen LogP contribution in [-0.4, -0.2) is 86.9 Å². The van der Waals surface area contributed by atoms with E-state index in [4.69, 9.17) is 9.47 Å². The summed E-state index contributed by atoms with van der Waals surface area (Å²) < 4.78 is 15.7. The Bertz CT molecular complexity index is 1310. The topological polar surface area (TPSA) is 94.7 Å². The van der Waals surface area contributed by atoms with Crippen molar-refractivity contribution in [3.05, 3.63) is 54.1 Å². The van der Waals surface area contributed by atoms with Crippen molar-refractivity contribution in [1.29, 1.82) is 0 Å². The van der Waals surface area contributed by atoms with E-state index in [0.29, 0.717) is 59.0 Å². The highest BCUT2D eigenvalue weighted by Gasteiger charge is 2.28. The fraction of sp³-hybridized carbons (Fsp3) is 0.548. The maximum Gasteiger partial charge on any atom is 0.228 e. The van der Waals surface area contributed by atoms with Crippen LogP contribution in [0.5, 0.6) is 5.75 Å². The van der Waals surface area contributed by atoms with Crippen molar-refractivity contribution >= 4 is 11.8 Å². The van der Waals surface area contributed by atoms with Gasteiger partial charge in [-0.3, -0.25) is 14.3 Å². The number of carbonyl (C=O) groups is 2. The first-order chi connectivity index (χ1) is 20.0. The number of fused-ring (bicyclic) bond motifs is 4. The van der Waals surface area contributed by atoms with Crippen molar-refractivity contribution < 1.29 is 19.1 Å². The van der Waals surface area contributed by atoms with Gasteiger partial charge in [0.05, 0.1) is 24.8 Å². The maximum absolute atomic E-state index is 13.4.